The summed E-state index contributed by atoms with van der Waals surface area (Å²) in [6.45, 7) is 3.55. The Kier molecular flexibility index (Phi) is 3.91. The van der Waals surface area contributed by atoms with Crippen molar-refractivity contribution in [2.45, 2.75) is 31.3 Å². The third-order valence-electron chi connectivity index (χ3n) is 4.83. The molecular formula is C17H23N5. The van der Waals surface area contributed by atoms with E-state index >= 15 is 0 Å². The number of nitrogens with one attached hydrogen (secondary N) is 2. The number of likely N-dealkylation sites (tertiary alicyclic amines) is 1. The Morgan fingerprint density at radius 2 is 2.09 bits per heavy atom. The predicted molar refractivity (Wildman–Crippen MR) is 85.4 cm³/mol. The normalized spacial score (nSPS) is 23.7. The van der Waals surface area contributed by atoms with E-state index in [4.69, 9.17) is 0 Å². The molecule has 1 saturated carbocycles. The van der Waals surface area contributed by atoms with Crippen LogP contribution < -0.4 is 5.32 Å². The minimum absolute atomic E-state index is 0.0960. The first-order valence-electron chi connectivity index (χ1n) is 8.28. The van der Waals surface area contributed by atoms with Crippen LogP contribution in [-0.4, -0.2) is 45.8 Å². The summed E-state index contributed by atoms with van der Waals surface area (Å²) in [5.74, 6) is 1.64. The van der Waals surface area contributed by atoms with Gasteiger partial charge in [0.2, 0.25) is 0 Å². The van der Waals surface area contributed by atoms with Crippen molar-refractivity contribution >= 4 is 0 Å². The van der Waals surface area contributed by atoms with E-state index in [2.05, 4.69) is 49.7 Å². The van der Waals surface area contributed by atoms with E-state index in [1.54, 1.807) is 6.33 Å². The van der Waals surface area contributed by atoms with Crippen LogP contribution in [0.15, 0.2) is 36.7 Å². The van der Waals surface area contributed by atoms with Gasteiger partial charge in [-0.25, -0.2) is 4.98 Å². The lowest BCUT2D eigenvalue weighted by Crippen LogP contribution is -2.31. The molecule has 1 aromatic carbocycles. The van der Waals surface area contributed by atoms with Crippen LogP contribution in [0.25, 0.3) is 0 Å². The molecule has 5 nitrogen and oxygen atoms in total. The topological polar surface area (TPSA) is 56.8 Å². The Labute approximate surface area is 131 Å². The van der Waals surface area contributed by atoms with E-state index < -0.39 is 0 Å². The van der Waals surface area contributed by atoms with Crippen molar-refractivity contribution in [2.24, 2.45) is 5.92 Å². The third kappa shape index (κ3) is 3.05. The molecule has 5 heteroatoms. The Balaban J connectivity index is 1.41. The maximum atomic E-state index is 4.35. The average Bonchev–Trinajstić information content (AvgIpc) is 3.08. The van der Waals surface area contributed by atoms with Gasteiger partial charge in [0.05, 0.1) is 6.04 Å². The second-order valence-electron chi connectivity index (χ2n) is 6.50. The molecule has 0 radical (unpaired) electrons. The van der Waals surface area contributed by atoms with E-state index in [0.29, 0.717) is 0 Å². The van der Waals surface area contributed by atoms with Gasteiger partial charge in [-0.2, -0.15) is 5.10 Å². The summed E-state index contributed by atoms with van der Waals surface area (Å²) in [6, 6.07) is 11.5. The zero-order valence-corrected chi connectivity index (χ0v) is 12.8. The molecule has 1 aliphatic carbocycles. The largest absolute Gasteiger partial charge is 0.303 e. The first-order chi connectivity index (χ1) is 10.9. The van der Waals surface area contributed by atoms with E-state index in [1.165, 1.54) is 37.9 Å². The van der Waals surface area contributed by atoms with Gasteiger partial charge in [0.1, 0.15) is 12.2 Å². The Morgan fingerprint density at radius 1 is 1.23 bits per heavy atom. The molecule has 0 spiro atoms. The molecule has 1 aromatic heterocycles. The molecule has 0 amide bonds. The lowest BCUT2D eigenvalue weighted by molar-refractivity contribution is 0.310. The van der Waals surface area contributed by atoms with Gasteiger partial charge in [0, 0.05) is 19.1 Å². The summed E-state index contributed by atoms with van der Waals surface area (Å²) in [4.78, 5) is 7.02. The van der Waals surface area contributed by atoms with Crippen molar-refractivity contribution in [3.05, 3.63) is 48.0 Å². The second-order valence-corrected chi connectivity index (χ2v) is 6.50. The number of hydrogen-bond donors (Lipinski definition) is 2. The summed E-state index contributed by atoms with van der Waals surface area (Å²) in [5, 5.41) is 10.7. The Bertz CT molecular complexity index is 578. The summed E-state index contributed by atoms with van der Waals surface area (Å²) >= 11 is 0. The summed E-state index contributed by atoms with van der Waals surface area (Å²) < 4.78 is 0. The van der Waals surface area contributed by atoms with Gasteiger partial charge in [0.25, 0.3) is 0 Å². The number of H-pyrrole nitrogens is 1. The molecule has 2 aromatic rings. The Hall–Kier alpha value is -1.72. The highest BCUT2D eigenvalue weighted by Crippen LogP contribution is 2.31. The van der Waals surface area contributed by atoms with Gasteiger partial charge in [-0.15, -0.1) is 0 Å². The fourth-order valence-electron chi connectivity index (χ4n) is 3.46. The molecule has 116 valence electrons. The maximum Gasteiger partial charge on any atom is 0.145 e. The molecule has 2 atom stereocenters. The van der Waals surface area contributed by atoms with E-state index in [9.17, 15) is 0 Å². The predicted octanol–water partition coefficient (Wildman–Crippen LogP) is 1.97. The monoisotopic (exact) mass is 297 g/mol. The zero-order valence-electron chi connectivity index (χ0n) is 12.8. The second kappa shape index (κ2) is 6.18. The standard InChI is InChI=1S/C17H23N5/c1-2-4-14(5-3-1)16(17-19-12-20-21-17)18-10-13-8-9-22(11-13)15-6-7-15/h1-5,12-13,15-16,18H,6-11H2,(H,19,20,21)/t13-,16-/m1/s1. The van der Waals surface area contributed by atoms with Gasteiger partial charge in [-0.1, -0.05) is 30.3 Å². The number of hydrogen-bond acceptors (Lipinski definition) is 4. The van der Waals surface area contributed by atoms with Crippen molar-refractivity contribution in [1.29, 1.82) is 0 Å². The minimum atomic E-state index is 0.0960. The highest BCUT2D eigenvalue weighted by molar-refractivity contribution is 5.24. The van der Waals surface area contributed by atoms with Crippen molar-refractivity contribution in [3.8, 4) is 0 Å². The molecule has 0 unspecified atom stereocenters. The van der Waals surface area contributed by atoms with Gasteiger partial charge in [-0.05, 0) is 37.3 Å². The molecule has 2 heterocycles. The van der Waals surface area contributed by atoms with Gasteiger partial charge < -0.3 is 10.2 Å². The number of benzene rings is 1. The quantitative estimate of drug-likeness (QED) is 0.856. The molecular weight excluding hydrogens is 274 g/mol. The van der Waals surface area contributed by atoms with Crippen LogP contribution >= 0.6 is 0 Å². The summed E-state index contributed by atoms with van der Waals surface area (Å²) in [6.07, 6.45) is 5.70. The van der Waals surface area contributed by atoms with Crippen molar-refractivity contribution in [1.82, 2.24) is 25.4 Å². The molecule has 0 bridgehead atoms. The van der Waals surface area contributed by atoms with E-state index in [0.717, 1.165) is 24.3 Å². The van der Waals surface area contributed by atoms with E-state index in [1.807, 2.05) is 6.07 Å². The van der Waals surface area contributed by atoms with Crippen LogP contribution in [0.4, 0.5) is 0 Å². The lowest BCUT2D eigenvalue weighted by Gasteiger charge is -2.20. The van der Waals surface area contributed by atoms with Crippen LogP contribution in [-0.2, 0) is 0 Å². The number of aromatic nitrogens is 3. The van der Waals surface area contributed by atoms with E-state index in [-0.39, 0.29) is 6.04 Å². The maximum absolute atomic E-state index is 4.35. The SMILES string of the molecule is c1ccc([C@@H](NC[C@H]2CCN(C3CC3)C2)c2ncn[nH]2)cc1. The first kappa shape index (κ1) is 13.9. The van der Waals surface area contributed by atoms with Crippen molar-refractivity contribution in [2.75, 3.05) is 19.6 Å². The molecule has 2 aliphatic rings. The summed E-state index contributed by atoms with van der Waals surface area (Å²) in [7, 11) is 0. The van der Waals surface area contributed by atoms with Crippen LogP contribution in [0.5, 0.6) is 0 Å². The molecule has 22 heavy (non-hydrogen) atoms. The molecule has 2 N–H and O–H groups in total. The molecule has 2 fully saturated rings. The highest BCUT2D eigenvalue weighted by atomic mass is 15.2. The van der Waals surface area contributed by atoms with Crippen LogP contribution in [0.2, 0.25) is 0 Å². The molecule has 1 aliphatic heterocycles. The average molecular weight is 297 g/mol. The van der Waals surface area contributed by atoms with Gasteiger partial charge >= 0.3 is 0 Å². The van der Waals surface area contributed by atoms with Crippen molar-refractivity contribution < 1.29 is 0 Å². The van der Waals surface area contributed by atoms with Crippen LogP contribution in [0.1, 0.15) is 36.7 Å². The smallest absolute Gasteiger partial charge is 0.145 e. The highest BCUT2D eigenvalue weighted by Gasteiger charge is 2.34. The van der Waals surface area contributed by atoms with Crippen LogP contribution in [0.3, 0.4) is 0 Å². The van der Waals surface area contributed by atoms with Crippen LogP contribution in [0, 0.1) is 5.92 Å². The number of aromatic amines is 1. The van der Waals surface area contributed by atoms with Gasteiger partial charge in [0.15, 0.2) is 0 Å². The minimum Gasteiger partial charge on any atom is -0.303 e. The third-order valence-corrected chi connectivity index (χ3v) is 4.83. The fraction of sp³-hybridized carbons (Fsp3) is 0.529. The molecule has 4 rings (SSSR count). The fourth-order valence-corrected chi connectivity index (χ4v) is 3.46. The molecule has 1 saturated heterocycles. The number of rotatable bonds is 6. The first-order valence-corrected chi connectivity index (χ1v) is 8.28. The number of nitrogens with zero attached hydrogens (tertiary/aromatic N) is 3. The lowest BCUT2D eigenvalue weighted by atomic mass is 10.0. The zero-order chi connectivity index (χ0) is 14.8. The summed E-state index contributed by atoms with van der Waals surface area (Å²) in [5.41, 5.74) is 1.23. The van der Waals surface area contributed by atoms with Gasteiger partial charge in [-0.3, -0.25) is 5.10 Å². The Morgan fingerprint density at radius 3 is 2.82 bits per heavy atom. The van der Waals surface area contributed by atoms with Crippen molar-refractivity contribution in [3.63, 3.8) is 0 Å².